The van der Waals surface area contributed by atoms with E-state index in [1.165, 1.54) is 5.57 Å². The van der Waals surface area contributed by atoms with Gasteiger partial charge in [-0.3, -0.25) is 4.99 Å². The Labute approximate surface area is 152 Å². The molecule has 1 unspecified atom stereocenters. The van der Waals surface area contributed by atoms with E-state index in [1.54, 1.807) is 11.8 Å². The number of halogens is 1. The predicted octanol–water partition coefficient (Wildman–Crippen LogP) is 2.71. The van der Waals surface area contributed by atoms with Gasteiger partial charge < -0.3 is 15.1 Å². The van der Waals surface area contributed by atoms with Gasteiger partial charge in [0.2, 0.25) is 0 Å². The van der Waals surface area contributed by atoms with Gasteiger partial charge in [0.25, 0.3) is 0 Å². The fraction of sp³-hybridized carbons (Fsp3) is 0.529. The van der Waals surface area contributed by atoms with Crippen LogP contribution in [0.3, 0.4) is 0 Å². The summed E-state index contributed by atoms with van der Waals surface area (Å²) < 4.78 is 0. The molecule has 3 rings (SSSR count). The molecule has 0 aromatic heterocycles. The number of likely N-dealkylation sites (N-methyl/N-ethyl adjacent to an activating group) is 1. The van der Waals surface area contributed by atoms with E-state index >= 15 is 0 Å². The number of thioether (sulfide) groups is 1. The molecule has 1 atom stereocenters. The van der Waals surface area contributed by atoms with Gasteiger partial charge in [-0.15, -0.1) is 0 Å². The molecule has 2 fully saturated rings. The Kier molecular flexibility index (Phi) is 4.58. The molecule has 3 heterocycles. The summed E-state index contributed by atoms with van der Waals surface area (Å²) in [6.45, 7) is 5.67. The number of fused-ring (bicyclic) bond motifs is 1. The SMILES string of the molecule is C/N=C1/C2=C(C)C(Cl)=C(C)N(C)C2S/C1=C(/NC)N1CC(C#N)C1. The summed E-state index contributed by atoms with van der Waals surface area (Å²) in [7, 11) is 5.84. The number of rotatable bonds is 2. The molecule has 7 heteroatoms. The number of aliphatic imine (C=N–C) groups is 1. The van der Waals surface area contributed by atoms with Crippen LogP contribution in [-0.4, -0.2) is 55.1 Å². The Bertz CT molecular complexity index is 737. The second-order valence-electron chi connectivity index (χ2n) is 6.25. The van der Waals surface area contributed by atoms with E-state index in [0.717, 1.165) is 45.8 Å². The van der Waals surface area contributed by atoms with Crippen molar-refractivity contribution in [2.45, 2.75) is 19.2 Å². The molecule has 0 amide bonds. The van der Waals surface area contributed by atoms with Crippen LogP contribution in [0.1, 0.15) is 13.8 Å². The average molecular weight is 364 g/mol. The number of nitrogens with zero attached hydrogens (tertiary/aromatic N) is 4. The molecule has 0 spiro atoms. The van der Waals surface area contributed by atoms with Crippen molar-refractivity contribution < 1.29 is 0 Å². The topological polar surface area (TPSA) is 54.7 Å². The quantitative estimate of drug-likeness (QED) is 0.817. The first-order chi connectivity index (χ1) is 11.4. The summed E-state index contributed by atoms with van der Waals surface area (Å²) in [6, 6.07) is 2.33. The minimum Gasteiger partial charge on any atom is -0.374 e. The average Bonchev–Trinajstić information content (AvgIpc) is 2.93. The van der Waals surface area contributed by atoms with Crippen molar-refractivity contribution in [2.24, 2.45) is 10.9 Å². The lowest BCUT2D eigenvalue weighted by Gasteiger charge is -2.39. The molecule has 24 heavy (non-hydrogen) atoms. The van der Waals surface area contributed by atoms with Crippen molar-refractivity contribution in [3.63, 3.8) is 0 Å². The Morgan fingerprint density at radius 1 is 1.42 bits per heavy atom. The van der Waals surface area contributed by atoms with Gasteiger partial charge in [-0.2, -0.15) is 5.26 Å². The van der Waals surface area contributed by atoms with Crippen LogP contribution in [0.2, 0.25) is 0 Å². The van der Waals surface area contributed by atoms with E-state index in [0.29, 0.717) is 0 Å². The molecule has 0 aromatic rings. The maximum atomic E-state index is 9.04. The van der Waals surface area contributed by atoms with Crippen LogP contribution >= 0.6 is 23.4 Å². The fourth-order valence-electron chi connectivity index (χ4n) is 3.37. The van der Waals surface area contributed by atoms with Crippen molar-refractivity contribution in [1.82, 2.24) is 15.1 Å². The van der Waals surface area contributed by atoms with E-state index < -0.39 is 0 Å². The second-order valence-corrected chi connectivity index (χ2v) is 7.72. The molecule has 0 aliphatic carbocycles. The highest BCUT2D eigenvalue weighted by Gasteiger charge is 2.42. The number of allylic oxidation sites excluding steroid dienone is 4. The molecule has 1 N–H and O–H groups in total. The van der Waals surface area contributed by atoms with Crippen LogP contribution in [0, 0.1) is 17.2 Å². The Balaban J connectivity index is 2.05. The highest BCUT2D eigenvalue weighted by Crippen LogP contribution is 2.49. The Hall–Kier alpha value is -1.58. The van der Waals surface area contributed by atoms with Crippen molar-refractivity contribution >= 4 is 29.1 Å². The molecule has 3 aliphatic rings. The first-order valence-corrected chi connectivity index (χ1v) is 9.21. The van der Waals surface area contributed by atoms with Gasteiger partial charge in [0.1, 0.15) is 11.2 Å². The van der Waals surface area contributed by atoms with E-state index in [-0.39, 0.29) is 11.3 Å². The maximum Gasteiger partial charge on any atom is 0.117 e. The lowest BCUT2D eigenvalue weighted by Crippen LogP contribution is -2.48. The molecular formula is C17H22ClN5S. The standard InChI is InChI=1S/C17H22ClN5S/c1-9-12-14(20-3)15(16(21-4)23-7-11(6-19)8-23)24-17(12)22(5)10(2)13(9)18/h11,17,21H,7-8H2,1-5H3/b16-15-,20-14-. The van der Waals surface area contributed by atoms with Crippen molar-refractivity contribution in [3.8, 4) is 6.07 Å². The Morgan fingerprint density at radius 2 is 2.08 bits per heavy atom. The molecule has 2 saturated heterocycles. The highest BCUT2D eigenvalue weighted by atomic mass is 35.5. The first kappa shape index (κ1) is 17.2. The summed E-state index contributed by atoms with van der Waals surface area (Å²) in [6.07, 6.45) is 0. The van der Waals surface area contributed by atoms with E-state index in [2.05, 4.69) is 47.1 Å². The van der Waals surface area contributed by atoms with Gasteiger partial charge in [-0.05, 0) is 19.4 Å². The van der Waals surface area contributed by atoms with Crippen LogP contribution in [0.4, 0.5) is 0 Å². The van der Waals surface area contributed by atoms with Crippen LogP contribution in [-0.2, 0) is 0 Å². The number of likely N-dealkylation sites (tertiary alicyclic amines) is 1. The largest absolute Gasteiger partial charge is 0.374 e. The minimum absolute atomic E-state index is 0.117. The summed E-state index contributed by atoms with van der Waals surface area (Å²) in [5.41, 5.74) is 4.39. The first-order valence-electron chi connectivity index (χ1n) is 7.95. The minimum atomic E-state index is 0.117. The van der Waals surface area contributed by atoms with Gasteiger partial charge in [-0.25, -0.2) is 0 Å². The van der Waals surface area contributed by atoms with E-state index in [9.17, 15) is 0 Å². The van der Waals surface area contributed by atoms with Crippen molar-refractivity contribution in [2.75, 3.05) is 34.2 Å². The molecule has 0 saturated carbocycles. The fourth-order valence-corrected chi connectivity index (χ4v) is 5.21. The number of nitriles is 1. The van der Waals surface area contributed by atoms with Gasteiger partial charge in [0.15, 0.2) is 0 Å². The third-order valence-corrected chi connectivity index (χ3v) is 6.89. The predicted molar refractivity (Wildman–Crippen MR) is 101 cm³/mol. The highest BCUT2D eigenvalue weighted by molar-refractivity contribution is 8.05. The zero-order valence-electron chi connectivity index (χ0n) is 14.6. The lowest BCUT2D eigenvalue weighted by atomic mass is 9.97. The molecule has 128 valence electrons. The van der Waals surface area contributed by atoms with Crippen molar-refractivity contribution in [1.29, 1.82) is 5.26 Å². The monoisotopic (exact) mass is 363 g/mol. The number of nitrogens with one attached hydrogen (secondary N) is 1. The van der Waals surface area contributed by atoms with Gasteiger partial charge >= 0.3 is 0 Å². The lowest BCUT2D eigenvalue weighted by molar-refractivity contribution is 0.173. The smallest absolute Gasteiger partial charge is 0.117 e. The molecule has 0 aromatic carbocycles. The maximum absolute atomic E-state index is 9.04. The molecule has 0 radical (unpaired) electrons. The molecular weight excluding hydrogens is 342 g/mol. The third kappa shape index (κ3) is 2.42. The zero-order chi connectivity index (χ0) is 17.6. The molecule has 3 aliphatic heterocycles. The van der Waals surface area contributed by atoms with Gasteiger partial charge in [0.05, 0.1) is 27.6 Å². The van der Waals surface area contributed by atoms with Crippen LogP contribution in [0.15, 0.2) is 37.6 Å². The van der Waals surface area contributed by atoms with Gasteiger partial charge in [0, 0.05) is 45.5 Å². The summed E-state index contributed by atoms with van der Waals surface area (Å²) in [5, 5.41) is 13.4. The van der Waals surface area contributed by atoms with Crippen LogP contribution < -0.4 is 5.32 Å². The third-order valence-electron chi connectivity index (χ3n) is 4.93. The second kappa shape index (κ2) is 6.38. The van der Waals surface area contributed by atoms with Crippen LogP contribution in [0.5, 0.6) is 0 Å². The Morgan fingerprint density at radius 3 is 2.62 bits per heavy atom. The molecule has 0 bridgehead atoms. The summed E-state index contributed by atoms with van der Waals surface area (Å²) in [4.78, 5) is 10.2. The summed E-state index contributed by atoms with van der Waals surface area (Å²) >= 11 is 8.34. The van der Waals surface area contributed by atoms with E-state index in [1.807, 2.05) is 14.1 Å². The van der Waals surface area contributed by atoms with Gasteiger partial charge in [-0.1, -0.05) is 23.4 Å². The zero-order valence-corrected chi connectivity index (χ0v) is 16.2. The number of hydrogen-bond donors (Lipinski definition) is 1. The molecule has 5 nitrogen and oxygen atoms in total. The summed E-state index contributed by atoms with van der Waals surface area (Å²) in [5.74, 6) is 1.18. The number of hydrogen-bond acceptors (Lipinski definition) is 6. The van der Waals surface area contributed by atoms with E-state index in [4.69, 9.17) is 16.9 Å². The van der Waals surface area contributed by atoms with Crippen LogP contribution in [0.25, 0.3) is 0 Å². The normalized spacial score (nSPS) is 28.2. The van der Waals surface area contributed by atoms with Crippen molar-refractivity contribution in [3.05, 3.63) is 32.6 Å².